The minimum Gasteiger partial charge on any atom is -0.308 e. The van der Waals surface area contributed by atoms with Crippen molar-refractivity contribution in [2.75, 3.05) is 5.43 Å². The average molecular weight is 285 g/mol. The first-order valence-electron chi connectivity index (χ1n) is 5.66. The van der Waals surface area contributed by atoms with Crippen LogP contribution in [0.4, 0.5) is 23.4 Å². The Morgan fingerprint density at radius 1 is 1.10 bits per heavy atom. The SMILES string of the molecule is NNc1cc(Cc2cc(F)cc(C(F)(F)F)c2)ccn1. The fraction of sp³-hybridized carbons (Fsp3) is 0.154. The second-order valence-corrected chi connectivity index (χ2v) is 4.22. The van der Waals surface area contributed by atoms with Crippen LogP contribution < -0.4 is 11.3 Å². The third-order valence-electron chi connectivity index (χ3n) is 2.67. The maximum atomic E-state index is 13.3. The van der Waals surface area contributed by atoms with Crippen LogP contribution in [0.15, 0.2) is 36.5 Å². The maximum Gasteiger partial charge on any atom is 0.416 e. The molecular formula is C13H11F4N3. The Balaban J connectivity index is 2.31. The number of rotatable bonds is 3. The summed E-state index contributed by atoms with van der Waals surface area (Å²) in [4.78, 5) is 3.88. The molecule has 3 nitrogen and oxygen atoms in total. The zero-order valence-electron chi connectivity index (χ0n) is 10.2. The van der Waals surface area contributed by atoms with Gasteiger partial charge >= 0.3 is 6.18 Å². The van der Waals surface area contributed by atoms with E-state index < -0.39 is 17.6 Å². The number of nitrogen functional groups attached to an aromatic ring is 1. The summed E-state index contributed by atoms with van der Waals surface area (Å²) in [6.45, 7) is 0. The van der Waals surface area contributed by atoms with Crippen molar-refractivity contribution < 1.29 is 17.6 Å². The fourth-order valence-electron chi connectivity index (χ4n) is 1.82. The molecule has 0 spiro atoms. The monoisotopic (exact) mass is 285 g/mol. The van der Waals surface area contributed by atoms with Gasteiger partial charge in [-0.15, -0.1) is 0 Å². The molecule has 1 aromatic heterocycles. The van der Waals surface area contributed by atoms with Crippen molar-refractivity contribution in [2.45, 2.75) is 12.6 Å². The number of aromatic nitrogens is 1. The lowest BCUT2D eigenvalue weighted by Gasteiger charge is -2.10. The van der Waals surface area contributed by atoms with E-state index in [1.165, 1.54) is 6.20 Å². The molecule has 0 aliphatic heterocycles. The van der Waals surface area contributed by atoms with Gasteiger partial charge < -0.3 is 5.43 Å². The number of hydrazine groups is 1. The molecule has 0 amide bonds. The molecule has 0 saturated carbocycles. The van der Waals surface area contributed by atoms with Gasteiger partial charge in [0, 0.05) is 6.20 Å². The molecule has 0 bridgehead atoms. The molecule has 7 heteroatoms. The molecule has 0 atom stereocenters. The van der Waals surface area contributed by atoms with Gasteiger partial charge in [0.05, 0.1) is 5.56 Å². The number of nitrogens with one attached hydrogen (secondary N) is 1. The van der Waals surface area contributed by atoms with E-state index in [4.69, 9.17) is 5.84 Å². The Hall–Kier alpha value is -2.15. The van der Waals surface area contributed by atoms with Crippen LogP contribution in [0, 0.1) is 5.82 Å². The van der Waals surface area contributed by atoms with Gasteiger partial charge in [0.1, 0.15) is 11.6 Å². The summed E-state index contributed by atoms with van der Waals surface area (Å²) in [6, 6.07) is 5.68. The second kappa shape index (κ2) is 5.46. The highest BCUT2D eigenvalue weighted by Crippen LogP contribution is 2.30. The van der Waals surface area contributed by atoms with Crippen molar-refractivity contribution in [3.05, 3.63) is 59.0 Å². The van der Waals surface area contributed by atoms with Crippen LogP contribution in [0.5, 0.6) is 0 Å². The van der Waals surface area contributed by atoms with E-state index in [1.54, 1.807) is 12.1 Å². The van der Waals surface area contributed by atoms with Crippen molar-refractivity contribution in [1.29, 1.82) is 0 Å². The Morgan fingerprint density at radius 3 is 2.50 bits per heavy atom. The molecule has 20 heavy (non-hydrogen) atoms. The van der Waals surface area contributed by atoms with Gasteiger partial charge in [-0.25, -0.2) is 15.2 Å². The first-order chi connectivity index (χ1) is 9.38. The zero-order valence-corrected chi connectivity index (χ0v) is 10.2. The fourth-order valence-corrected chi connectivity index (χ4v) is 1.82. The minimum absolute atomic E-state index is 0.151. The van der Waals surface area contributed by atoms with Crippen molar-refractivity contribution in [3.63, 3.8) is 0 Å². The largest absolute Gasteiger partial charge is 0.416 e. The summed E-state index contributed by atoms with van der Waals surface area (Å²) < 4.78 is 51.1. The number of nitrogens with two attached hydrogens (primary N) is 1. The summed E-state index contributed by atoms with van der Waals surface area (Å²) in [6.07, 6.45) is -2.95. The number of halogens is 4. The van der Waals surface area contributed by atoms with E-state index in [0.29, 0.717) is 17.4 Å². The number of hydrogen-bond donors (Lipinski definition) is 2. The molecule has 0 saturated heterocycles. The Morgan fingerprint density at radius 2 is 1.85 bits per heavy atom. The standard InChI is InChI=1S/C13H11F4N3/c14-11-5-9(4-10(7-11)13(15,16)17)3-8-1-2-19-12(6-8)20-18/h1-2,4-7H,3,18H2,(H,19,20). The van der Waals surface area contributed by atoms with Gasteiger partial charge in [0.2, 0.25) is 0 Å². The quantitative estimate of drug-likeness (QED) is 0.517. The summed E-state index contributed by atoms with van der Waals surface area (Å²) >= 11 is 0. The first kappa shape index (κ1) is 14.3. The van der Waals surface area contributed by atoms with E-state index in [2.05, 4.69) is 10.4 Å². The highest BCUT2D eigenvalue weighted by atomic mass is 19.4. The molecule has 0 aliphatic carbocycles. The Kier molecular flexibility index (Phi) is 3.89. The number of benzene rings is 1. The third kappa shape index (κ3) is 3.45. The van der Waals surface area contributed by atoms with Gasteiger partial charge in [-0.2, -0.15) is 13.2 Å². The lowest BCUT2D eigenvalue weighted by atomic mass is 10.0. The van der Waals surface area contributed by atoms with Crippen LogP contribution in [-0.2, 0) is 12.6 Å². The number of hydrogen-bond acceptors (Lipinski definition) is 3. The molecule has 0 radical (unpaired) electrons. The smallest absolute Gasteiger partial charge is 0.308 e. The van der Waals surface area contributed by atoms with Gasteiger partial charge in [-0.1, -0.05) is 0 Å². The lowest BCUT2D eigenvalue weighted by Crippen LogP contribution is -2.09. The van der Waals surface area contributed by atoms with Crippen molar-refractivity contribution in [1.82, 2.24) is 4.98 Å². The summed E-state index contributed by atoms with van der Waals surface area (Å²) in [5, 5.41) is 0. The van der Waals surface area contributed by atoms with E-state index in [-0.39, 0.29) is 12.0 Å². The molecule has 1 aromatic carbocycles. The highest BCUT2D eigenvalue weighted by Gasteiger charge is 2.31. The summed E-state index contributed by atoms with van der Waals surface area (Å²) in [5.74, 6) is 4.66. The van der Waals surface area contributed by atoms with Gasteiger partial charge in [0.15, 0.2) is 0 Å². The first-order valence-corrected chi connectivity index (χ1v) is 5.66. The molecular weight excluding hydrogens is 274 g/mol. The lowest BCUT2D eigenvalue weighted by molar-refractivity contribution is -0.137. The highest BCUT2D eigenvalue weighted by molar-refractivity contribution is 5.39. The molecule has 0 fully saturated rings. The average Bonchev–Trinajstić information content (AvgIpc) is 2.37. The van der Waals surface area contributed by atoms with Gasteiger partial charge in [-0.3, -0.25) is 0 Å². The number of nitrogens with zero attached hydrogens (tertiary/aromatic N) is 1. The van der Waals surface area contributed by atoms with Crippen LogP contribution in [-0.4, -0.2) is 4.98 Å². The van der Waals surface area contributed by atoms with E-state index in [9.17, 15) is 17.6 Å². The molecule has 106 valence electrons. The molecule has 1 heterocycles. The maximum absolute atomic E-state index is 13.3. The topological polar surface area (TPSA) is 50.9 Å². The number of pyridine rings is 1. The number of anilines is 1. The van der Waals surface area contributed by atoms with Crippen molar-refractivity contribution >= 4 is 5.82 Å². The summed E-state index contributed by atoms with van der Waals surface area (Å²) in [5.41, 5.74) is 2.23. The van der Waals surface area contributed by atoms with Crippen molar-refractivity contribution in [2.24, 2.45) is 5.84 Å². The van der Waals surface area contributed by atoms with E-state index >= 15 is 0 Å². The predicted molar refractivity (Wildman–Crippen MR) is 66.3 cm³/mol. The minimum atomic E-state index is -4.57. The van der Waals surface area contributed by atoms with Crippen LogP contribution in [0.1, 0.15) is 16.7 Å². The molecule has 2 aromatic rings. The van der Waals surface area contributed by atoms with Gasteiger partial charge in [0.25, 0.3) is 0 Å². The normalized spacial score (nSPS) is 11.4. The van der Waals surface area contributed by atoms with Crippen LogP contribution in [0.25, 0.3) is 0 Å². The summed E-state index contributed by atoms with van der Waals surface area (Å²) in [7, 11) is 0. The van der Waals surface area contributed by atoms with E-state index in [0.717, 1.165) is 12.1 Å². The predicted octanol–water partition coefficient (Wildman–Crippen LogP) is 3.12. The Labute approximate surface area is 112 Å². The van der Waals surface area contributed by atoms with Crippen LogP contribution >= 0.6 is 0 Å². The Bertz CT molecular complexity index is 611. The van der Waals surface area contributed by atoms with Crippen molar-refractivity contribution in [3.8, 4) is 0 Å². The molecule has 2 rings (SSSR count). The molecule has 0 aliphatic rings. The third-order valence-corrected chi connectivity index (χ3v) is 2.67. The zero-order chi connectivity index (χ0) is 14.8. The molecule has 0 unspecified atom stereocenters. The van der Waals surface area contributed by atoms with E-state index in [1.807, 2.05) is 0 Å². The van der Waals surface area contributed by atoms with Crippen LogP contribution in [0.2, 0.25) is 0 Å². The van der Waals surface area contributed by atoms with Gasteiger partial charge in [-0.05, 0) is 47.9 Å². The molecule has 3 N–H and O–H groups in total. The number of alkyl halides is 3. The second-order valence-electron chi connectivity index (χ2n) is 4.22. The van der Waals surface area contributed by atoms with Crippen LogP contribution in [0.3, 0.4) is 0 Å².